The third-order valence-corrected chi connectivity index (χ3v) is 6.49. The Balaban J connectivity index is 1.77. The summed E-state index contributed by atoms with van der Waals surface area (Å²) in [5.41, 5.74) is -3.15. The van der Waals surface area contributed by atoms with Crippen molar-refractivity contribution >= 4 is 16.9 Å². The molecule has 0 atom stereocenters. The van der Waals surface area contributed by atoms with Crippen LogP contribution < -0.4 is 0 Å². The van der Waals surface area contributed by atoms with Crippen molar-refractivity contribution in [3.63, 3.8) is 0 Å². The molecule has 0 heterocycles. The molecule has 4 aromatic rings. The van der Waals surface area contributed by atoms with E-state index in [0.29, 0.717) is 0 Å². The van der Waals surface area contributed by atoms with Gasteiger partial charge in [-0.15, -0.1) is 0 Å². The highest BCUT2D eigenvalue weighted by Crippen LogP contribution is 2.45. The Morgan fingerprint density at radius 2 is 0.800 bits per heavy atom. The van der Waals surface area contributed by atoms with Gasteiger partial charge in [0.15, 0.2) is 5.78 Å². The van der Waals surface area contributed by atoms with Crippen molar-refractivity contribution in [3.05, 3.63) is 130 Å². The lowest BCUT2D eigenvalue weighted by Gasteiger charge is -2.14. The molecule has 4 aromatic carbocycles. The van der Waals surface area contributed by atoms with E-state index in [9.17, 15) is 44.3 Å². The van der Waals surface area contributed by atoms with Gasteiger partial charge in [0, 0.05) is 16.7 Å². The first-order valence-electron chi connectivity index (χ1n) is 11.6. The average Bonchev–Trinajstić information content (AvgIpc) is 3.19. The van der Waals surface area contributed by atoms with E-state index in [1.54, 1.807) is 0 Å². The van der Waals surface area contributed by atoms with Crippen LogP contribution in [0.3, 0.4) is 0 Å². The van der Waals surface area contributed by atoms with Crippen molar-refractivity contribution in [1.29, 1.82) is 0 Å². The van der Waals surface area contributed by atoms with Gasteiger partial charge in [0.2, 0.25) is 0 Å². The molecule has 1 aliphatic rings. The number of fused-ring (bicyclic) bond motifs is 1. The molecule has 0 spiro atoms. The van der Waals surface area contributed by atoms with E-state index in [1.807, 2.05) is 0 Å². The van der Waals surface area contributed by atoms with Crippen LogP contribution in [0.2, 0.25) is 0 Å². The third-order valence-electron chi connectivity index (χ3n) is 6.49. The van der Waals surface area contributed by atoms with E-state index in [-0.39, 0.29) is 44.5 Å². The normalized spacial score (nSPS) is 14.1. The zero-order valence-corrected chi connectivity index (χ0v) is 20.0. The van der Waals surface area contributed by atoms with E-state index in [4.69, 9.17) is 0 Å². The number of allylic oxidation sites excluding steroid dienone is 1. The first kappa shape index (κ1) is 27.2. The van der Waals surface area contributed by atoms with Gasteiger partial charge in [-0.3, -0.25) is 4.79 Å². The summed E-state index contributed by atoms with van der Waals surface area (Å²) in [6.07, 6.45) is -14.1. The Labute approximate surface area is 221 Å². The van der Waals surface area contributed by atoms with E-state index < -0.39 is 41.0 Å². The lowest BCUT2D eigenvalue weighted by atomic mass is 9.91. The van der Waals surface area contributed by atoms with Crippen LogP contribution in [-0.2, 0) is 18.5 Å². The number of hydrogen-bond acceptors (Lipinski definition) is 1. The van der Waals surface area contributed by atoms with Gasteiger partial charge in [-0.25, -0.2) is 0 Å². The molecule has 0 amide bonds. The van der Waals surface area contributed by atoms with Gasteiger partial charge < -0.3 is 0 Å². The maximum Gasteiger partial charge on any atom is 0.416 e. The molecular weight excluding hydrogens is 547 g/mol. The molecule has 0 saturated carbocycles. The summed E-state index contributed by atoms with van der Waals surface area (Å²) in [5, 5.41) is 0. The van der Waals surface area contributed by atoms with Crippen molar-refractivity contribution in [3.8, 4) is 11.1 Å². The molecule has 0 unspecified atom stereocenters. The number of alkyl halides is 9. The van der Waals surface area contributed by atoms with Gasteiger partial charge in [-0.1, -0.05) is 42.5 Å². The molecule has 0 radical (unpaired) electrons. The van der Waals surface area contributed by atoms with Crippen LogP contribution in [0.15, 0.2) is 91.0 Å². The standard InChI is InChI=1S/C30H15F9O/c31-28(32,33)20-7-1-4-16(12-20)17-10-11-23-24(15-17)25(18-5-2-8-21(13-18)29(34,35)36)26(27(23)40)19-6-3-9-22(14-19)30(37,38)39/h1-15H. The molecule has 0 aromatic heterocycles. The Bertz CT molecular complexity index is 1670. The fraction of sp³-hybridized carbons (Fsp3) is 0.100. The molecule has 0 fully saturated rings. The van der Waals surface area contributed by atoms with Crippen LogP contribution in [0, 0.1) is 0 Å². The first-order chi connectivity index (χ1) is 18.6. The Morgan fingerprint density at radius 1 is 0.400 bits per heavy atom. The number of halogens is 9. The van der Waals surface area contributed by atoms with Crippen molar-refractivity contribution < 1.29 is 44.3 Å². The number of carbonyl (C=O) groups excluding carboxylic acids is 1. The van der Waals surface area contributed by atoms with Crippen LogP contribution >= 0.6 is 0 Å². The summed E-state index contributed by atoms with van der Waals surface area (Å²) in [6.45, 7) is 0. The minimum Gasteiger partial charge on any atom is -0.289 e. The lowest BCUT2D eigenvalue weighted by molar-refractivity contribution is -0.138. The summed E-state index contributed by atoms with van der Waals surface area (Å²) in [7, 11) is 0. The van der Waals surface area contributed by atoms with E-state index in [2.05, 4.69) is 0 Å². The number of hydrogen-bond donors (Lipinski definition) is 0. The molecule has 1 nitrogen and oxygen atoms in total. The molecule has 10 heteroatoms. The monoisotopic (exact) mass is 562 g/mol. The summed E-state index contributed by atoms with van der Waals surface area (Å²) in [6, 6.07) is 16.2. The molecule has 204 valence electrons. The number of carbonyl (C=O) groups is 1. The molecule has 0 N–H and O–H groups in total. The third kappa shape index (κ3) is 5.01. The molecular formula is C30H15F9O. The summed E-state index contributed by atoms with van der Waals surface area (Å²) >= 11 is 0. The SMILES string of the molecule is O=C1C(c2cccc(C(F)(F)F)c2)=C(c2cccc(C(F)(F)F)c2)c2cc(-c3cccc(C(F)(F)F)c3)ccc21. The molecule has 40 heavy (non-hydrogen) atoms. The van der Waals surface area contributed by atoms with Crippen LogP contribution in [0.5, 0.6) is 0 Å². The van der Waals surface area contributed by atoms with Crippen molar-refractivity contribution in [1.82, 2.24) is 0 Å². The highest BCUT2D eigenvalue weighted by atomic mass is 19.4. The number of benzene rings is 4. The van der Waals surface area contributed by atoms with Gasteiger partial charge in [0.1, 0.15) is 0 Å². The van der Waals surface area contributed by atoms with Crippen LogP contribution in [-0.4, -0.2) is 5.78 Å². The van der Waals surface area contributed by atoms with Crippen molar-refractivity contribution in [2.24, 2.45) is 0 Å². The molecule has 0 saturated heterocycles. The van der Waals surface area contributed by atoms with Gasteiger partial charge in [0.05, 0.1) is 16.7 Å². The molecule has 1 aliphatic carbocycles. The topological polar surface area (TPSA) is 17.1 Å². The zero-order valence-electron chi connectivity index (χ0n) is 20.0. The van der Waals surface area contributed by atoms with E-state index in [1.165, 1.54) is 42.5 Å². The maximum absolute atomic E-state index is 13.6. The van der Waals surface area contributed by atoms with Crippen LogP contribution in [0.4, 0.5) is 39.5 Å². The van der Waals surface area contributed by atoms with E-state index in [0.717, 1.165) is 48.5 Å². The minimum absolute atomic E-state index is 0.00412. The summed E-state index contributed by atoms with van der Waals surface area (Å²) in [4.78, 5) is 13.5. The first-order valence-corrected chi connectivity index (χ1v) is 11.6. The second-order valence-electron chi connectivity index (χ2n) is 9.08. The Hall–Kier alpha value is -4.34. The number of Topliss-reactive ketones (excluding diaryl/α,β-unsaturated/α-hetero) is 1. The average molecular weight is 562 g/mol. The molecule has 5 rings (SSSR count). The highest BCUT2D eigenvalue weighted by molar-refractivity contribution is 6.41. The van der Waals surface area contributed by atoms with E-state index >= 15 is 0 Å². The predicted octanol–water partition coefficient (Wildman–Crippen LogP) is 9.57. The zero-order chi connectivity index (χ0) is 29.0. The lowest BCUT2D eigenvalue weighted by Crippen LogP contribution is -2.07. The largest absolute Gasteiger partial charge is 0.416 e. The maximum atomic E-state index is 13.6. The molecule has 0 bridgehead atoms. The van der Waals surface area contributed by atoms with Crippen LogP contribution in [0.1, 0.15) is 43.7 Å². The second kappa shape index (κ2) is 9.39. The number of ketones is 1. The van der Waals surface area contributed by atoms with Gasteiger partial charge in [-0.2, -0.15) is 39.5 Å². The molecule has 0 aliphatic heterocycles. The van der Waals surface area contributed by atoms with Crippen molar-refractivity contribution in [2.45, 2.75) is 18.5 Å². The predicted molar refractivity (Wildman–Crippen MR) is 130 cm³/mol. The van der Waals surface area contributed by atoms with Gasteiger partial charge in [0.25, 0.3) is 0 Å². The van der Waals surface area contributed by atoms with Crippen LogP contribution in [0.25, 0.3) is 22.3 Å². The summed E-state index contributed by atoms with van der Waals surface area (Å²) < 4.78 is 121. The van der Waals surface area contributed by atoms with Gasteiger partial charge in [-0.05, 0) is 76.3 Å². The minimum atomic E-state index is -4.75. The highest BCUT2D eigenvalue weighted by Gasteiger charge is 2.37. The Kier molecular flexibility index (Phi) is 6.40. The quantitative estimate of drug-likeness (QED) is 0.227. The fourth-order valence-corrected chi connectivity index (χ4v) is 4.66. The van der Waals surface area contributed by atoms with Crippen molar-refractivity contribution in [2.75, 3.05) is 0 Å². The van der Waals surface area contributed by atoms with Gasteiger partial charge >= 0.3 is 18.5 Å². The smallest absolute Gasteiger partial charge is 0.289 e. The Morgan fingerprint density at radius 3 is 1.27 bits per heavy atom. The number of rotatable bonds is 3. The second-order valence-corrected chi connectivity index (χ2v) is 9.08. The summed E-state index contributed by atoms with van der Waals surface area (Å²) in [5.74, 6) is -0.725. The fourth-order valence-electron chi connectivity index (χ4n) is 4.66.